The Morgan fingerprint density at radius 3 is 2.47 bits per heavy atom. The van der Waals surface area contributed by atoms with E-state index in [4.69, 9.17) is 4.74 Å². The van der Waals surface area contributed by atoms with Gasteiger partial charge in [0.25, 0.3) is 0 Å². The lowest BCUT2D eigenvalue weighted by molar-refractivity contribution is 0.159. The number of likely N-dealkylation sites (tertiary alicyclic amines) is 1. The Balaban J connectivity index is 1.78. The van der Waals surface area contributed by atoms with E-state index in [-0.39, 0.29) is 0 Å². The van der Waals surface area contributed by atoms with Crippen LogP contribution in [0, 0.1) is 5.92 Å². The lowest BCUT2D eigenvalue weighted by atomic mass is 9.98. The van der Waals surface area contributed by atoms with Gasteiger partial charge in [-0.05, 0) is 39.4 Å². The molecule has 0 aromatic rings. The first-order chi connectivity index (χ1) is 8.40. The molecule has 0 aromatic heterocycles. The van der Waals surface area contributed by atoms with Crippen LogP contribution in [0.1, 0.15) is 38.5 Å². The minimum atomic E-state index is 0.622. The molecule has 17 heavy (non-hydrogen) atoms. The van der Waals surface area contributed by atoms with Crippen molar-refractivity contribution in [2.45, 2.75) is 44.6 Å². The van der Waals surface area contributed by atoms with E-state index in [0.717, 1.165) is 19.1 Å². The molecule has 2 atom stereocenters. The van der Waals surface area contributed by atoms with Crippen molar-refractivity contribution < 1.29 is 4.74 Å². The van der Waals surface area contributed by atoms with Crippen LogP contribution < -0.4 is 5.32 Å². The van der Waals surface area contributed by atoms with E-state index in [1.54, 1.807) is 0 Å². The van der Waals surface area contributed by atoms with E-state index in [0.29, 0.717) is 6.04 Å². The molecular formula is C14H28N2O. The summed E-state index contributed by atoms with van der Waals surface area (Å²) in [5.74, 6) is 0.727. The van der Waals surface area contributed by atoms with E-state index in [9.17, 15) is 0 Å². The molecule has 100 valence electrons. The summed E-state index contributed by atoms with van der Waals surface area (Å²) in [6.07, 6.45) is 8.30. The van der Waals surface area contributed by atoms with Crippen LogP contribution in [0.4, 0.5) is 0 Å². The van der Waals surface area contributed by atoms with Crippen molar-refractivity contribution in [3.8, 4) is 0 Å². The molecule has 0 aliphatic carbocycles. The second-order valence-corrected chi connectivity index (χ2v) is 5.59. The number of likely N-dealkylation sites (N-methyl/N-ethyl adjacent to an activating group) is 1. The summed E-state index contributed by atoms with van der Waals surface area (Å²) in [5, 5.41) is 3.51. The number of hydrogen-bond acceptors (Lipinski definition) is 3. The van der Waals surface area contributed by atoms with Crippen molar-refractivity contribution in [3.05, 3.63) is 0 Å². The van der Waals surface area contributed by atoms with E-state index in [1.807, 2.05) is 0 Å². The molecule has 0 saturated carbocycles. The highest BCUT2D eigenvalue weighted by molar-refractivity contribution is 4.81. The standard InChI is InChI=1S/C14H28N2O/c1-15-14(13-7-10-17-12-13)11-16-8-5-3-2-4-6-9-16/h13-15H,2-12H2,1H3. The molecule has 2 unspecified atom stereocenters. The second kappa shape index (κ2) is 7.34. The van der Waals surface area contributed by atoms with Gasteiger partial charge in [-0.2, -0.15) is 0 Å². The highest BCUT2D eigenvalue weighted by atomic mass is 16.5. The largest absolute Gasteiger partial charge is 0.381 e. The van der Waals surface area contributed by atoms with Gasteiger partial charge in [0.1, 0.15) is 0 Å². The molecule has 2 fully saturated rings. The third-order valence-corrected chi connectivity index (χ3v) is 4.31. The number of ether oxygens (including phenoxy) is 1. The third-order valence-electron chi connectivity index (χ3n) is 4.31. The maximum atomic E-state index is 5.52. The Labute approximate surface area is 106 Å². The molecule has 2 aliphatic heterocycles. The maximum Gasteiger partial charge on any atom is 0.0510 e. The fraction of sp³-hybridized carbons (Fsp3) is 1.00. The average Bonchev–Trinajstić information content (AvgIpc) is 2.81. The molecule has 1 N–H and O–H groups in total. The van der Waals surface area contributed by atoms with Crippen LogP contribution >= 0.6 is 0 Å². The fourth-order valence-corrected chi connectivity index (χ4v) is 3.12. The Morgan fingerprint density at radius 1 is 1.18 bits per heavy atom. The molecule has 0 amide bonds. The first kappa shape index (κ1) is 13.3. The maximum absolute atomic E-state index is 5.52. The van der Waals surface area contributed by atoms with Gasteiger partial charge in [0.2, 0.25) is 0 Å². The molecule has 2 aliphatic rings. The predicted molar refractivity (Wildman–Crippen MR) is 71.3 cm³/mol. The normalized spacial score (nSPS) is 29.8. The van der Waals surface area contributed by atoms with E-state index < -0.39 is 0 Å². The first-order valence-corrected chi connectivity index (χ1v) is 7.37. The van der Waals surface area contributed by atoms with E-state index in [2.05, 4.69) is 17.3 Å². The summed E-state index contributed by atoms with van der Waals surface area (Å²) in [7, 11) is 2.10. The van der Waals surface area contributed by atoms with Gasteiger partial charge in [-0.3, -0.25) is 0 Å². The van der Waals surface area contributed by atoms with E-state index in [1.165, 1.54) is 58.2 Å². The fourth-order valence-electron chi connectivity index (χ4n) is 3.12. The van der Waals surface area contributed by atoms with Crippen LogP contribution in [0.15, 0.2) is 0 Å². The highest BCUT2D eigenvalue weighted by Gasteiger charge is 2.26. The van der Waals surface area contributed by atoms with Crippen LogP contribution in [0.25, 0.3) is 0 Å². The van der Waals surface area contributed by atoms with Gasteiger partial charge in [-0.1, -0.05) is 19.3 Å². The van der Waals surface area contributed by atoms with Gasteiger partial charge in [0.15, 0.2) is 0 Å². The van der Waals surface area contributed by atoms with Gasteiger partial charge in [0.05, 0.1) is 6.61 Å². The first-order valence-electron chi connectivity index (χ1n) is 7.37. The van der Waals surface area contributed by atoms with Gasteiger partial charge >= 0.3 is 0 Å². The SMILES string of the molecule is CNC(CN1CCCCCCC1)C1CCOC1. The summed E-state index contributed by atoms with van der Waals surface area (Å²) in [6, 6.07) is 0.622. The van der Waals surface area contributed by atoms with Crippen molar-refractivity contribution in [1.29, 1.82) is 0 Å². The number of hydrogen-bond donors (Lipinski definition) is 1. The van der Waals surface area contributed by atoms with E-state index >= 15 is 0 Å². The Morgan fingerprint density at radius 2 is 1.88 bits per heavy atom. The molecule has 0 bridgehead atoms. The number of nitrogens with zero attached hydrogens (tertiary/aromatic N) is 1. The van der Waals surface area contributed by atoms with Gasteiger partial charge in [0, 0.05) is 25.1 Å². The highest BCUT2D eigenvalue weighted by Crippen LogP contribution is 2.18. The second-order valence-electron chi connectivity index (χ2n) is 5.59. The molecule has 2 saturated heterocycles. The quantitative estimate of drug-likeness (QED) is 0.812. The predicted octanol–water partition coefficient (Wildman–Crippen LogP) is 1.88. The topological polar surface area (TPSA) is 24.5 Å². The molecule has 0 aromatic carbocycles. The number of nitrogens with one attached hydrogen (secondary N) is 1. The summed E-state index contributed by atoms with van der Waals surface area (Å²) < 4.78 is 5.52. The molecule has 0 radical (unpaired) electrons. The lowest BCUT2D eigenvalue weighted by Crippen LogP contribution is -2.45. The zero-order valence-electron chi connectivity index (χ0n) is 11.3. The zero-order valence-corrected chi connectivity index (χ0v) is 11.3. The lowest BCUT2D eigenvalue weighted by Gasteiger charge is -2.31. The Hall–Kier alpha value is -0.120. The summed E-state index contributed by atoms with van der Waals surface area (Å²) in [5.41, 5.74) is 0. The average molecular weight is 240 g/mol. The van der Waals surface area contributed by atoms with Crippen LogP contribution in [0.5, 0.6) is 0 Å². The van der Waals surface area contributed by atoms with Crippen LogP contribution in [0.3, 0.4) is 0 Å². The smallest absolute Gasteiger partial charge is 0.0510 e. The summed E-state index contributed by atoms with van der Waals surface area (Å²) in [6.45, 7) is 5.73. The molecular weight excluding hydrogens is 212 g/mol. The summed E-state index contributed by atoms with van der Waals surface area (Å²) in [4.78, 5) is 2.67. The van der Waals surface area contributed by atoms with Crippen LogP contribution in [-0.2, 0) is 4.74 Å². The van der Waals surface area contributed by atoms with Gasteiger partial charge in [-0.15, -0.1) is 0 Å². The van der Waals surface area contributed by atoms with Crippen LogP contribution in [-0.4, -0.2) is 50.8 Å². The third kappa shape index (κ3) is 4.23. The van der Waals surface area contributed by atoms with Crippen molar-refractivity contribution >= 4 is 0 Å². The Bertz CT molecular complexity index is 196. The van der Waals surface area contributed by atoms with Crippen molar-refractivity contribution in [2.24, 2.45) is 5.92 Å². The monoisotopic (exact) mass is 240 g/mol. The number of rotatable bonds is 4. The summed E-state index contributed by atoms with van der Waals surface area (Å²) >= 11 is 0. The minimum Gasteiger partial charge on any atom is -0.381 e. The molecule has 2 heterocycles. The van der Waals surface area contributed by atoms with Crippen molar-refractivity contribution in [2.75, 3.05) is 39.9 Å². The molecule has 3 heteroatoms. The van der Waals surface area contributed by atoms with Crippen molar-refractivity contribution in [1.82, 2.24) is 10.2 Å². The van der Waals surface area contributed by atoms with Crippen molar-refractivity contribution in [3.63, 3.8) is 0 Å². The van der Waals surface area contributed by atoms with Crippen LogP contribution in [0.2, 0.25) is 0 Å². The van der Waals surface area contributed by atoms with Gasteiger partial charge in [-0.25, -0.2) is 0 Å². The van der Waals surface area contributed by atoms with Gasteiger partial charge < -0.3 is 15.0 Å². The zero-order chi connectivity index (χ0) is 11.9. The molecule has 3 nitrogen and oxygen atoms in total. The molecule has 2 rings (SSSR count). The minimum absolute atomic E-state index is 0.622. The molecule has 0 spiro atoms. The Kier molecular flexibility index (Phi) is 5.75.